The van der Waals surface area contributed by atoms with Crippen LogP contribution in [0.5, 0.6) is 0 Å². The summed E-state index contributed by atoms with van der Waals surface area (Å²) in [6.45, 7) is 9.50. The molecule has 2 rings (SSSR count). The quantitative estimate of drug-likeness (QED) is 0.776. The Labute approximate surface area is 134 Å². The highest BCUT2D eigenvalue weighted by Crippen LogP contribution is 2.16. The Morgan fingerprint density at radius 3 is 2.55 bits per heavy atom. The lowest BCUT2D eigenvalue weighted by Gasteiger charge is -2.30. The molecule has 1 aromatic carbocycles. The molecule has 122 valence electrons. The second kappa shape index (κ2) is 8.91. The van der Waals surface area contributed by atoms with Crippen LogP contribution in [0, 0.1) is 5.92 Å². The standard InChI is InChI=1S/C18H28N2O2/c1-16(2)8-9-18(21)20(17-6-4-3-5-7-17)11-10-19-12-14-22-15-13-19/h3-7,16H,8-15H2,1-2H3. The average molecular weight is 304 g/mol. The average Bonchev–Trinajstić information content (AvgIpc) is 2.55. The van der Waals surface area contributed by atoms with Crippen LogP contribution in [0.4, 0.5) is 5.69 Å². The minimum atomic E-state index is 0.230. The molecule has 1 aromatic rings. The highest BCUT2D eigenvalue weighted by Gasteiger charge is 2.18. The summed E-state index contributed by atoms with van der Waals surface area (Å²) in [5.41, 5.74) is 1.00. The maximum atomic E-state index is 12.6. The molecule has 0 aliphatic carbocycles. The van der Waals surface area contributed by atoms with Gasteiger partial charge in [-0.25, -0.2) is 0 Å². The van der Waals surface area contributed by atoms with Gasteiger partial charge in [0.25, 0.3) is 0 Å². The van der Waals surface area contributed by atoms with Crippen molar-refractivity contribution in [2.24, 2.45) is 5.92 Å². The van der Waals surface area contributed by atoms with Gasteiger partial charge < -0.3 is 9.64 Å². The van der Waals surface area contributed by atoms with E-state index in [1.165, 1.54) is 0 Å². The molecule has 22 heavy (non-hydrogen) atoms. The smallest absolute Gasteiger partial charge is 0.227 e. The van der Waals surface area contributed by atoms with E-state index in [2.05, 4.69) is 18.7 Å². The normalized spacial score (nSPS) is 16.0. The lowest BCUT2D eigenvalue weighted by molar-refractivity contribution is -0.119. The predicted octanol–water partition coefficient (Wildman–Crippen LogP) is 2.79. The maximum absolute atomic E-state index is 12.6. The molecule has 1 aliphatic rings. The zero-order valence-corrected chi connectivity index (χ0v) is 13.8. The Bertz CT molecular complexity index is 442. The zero-order chi connectivity index (χ0) is 15.8. The Balaban J connectivity index is 1.96. The van der Waals surface area contributed by atoms with Crippen molar-refractivity contribution in [3.05, 3.63) is 30.3 Å². The second-order valence-corrected chi connectivity index (χ2v) is 6.27. The van der Waals surface area contributed by atoms with E-state index in [1.807, 2.05) is 35.2 Å². The molecule has 0 unspecified atom stereocenters. The first kappa shape index (κ1) is 17.0. The van der Waals surface area contributed by atoms with Gasteiger partial charge in [0.15, 0.2) is 0 Å². The van der Waals surface area contributed by atoms with Gasteiger partial charge in [-0.3, -0.25) is 9.69 Å². The van der Waals surface area contributed by atoms with E-state index in [9.17, 15) is 4.79 Å². The van der Waals surface area contributed by atoms with Crippen molar-refractivity contribution >= 4 is 11.6 Å². The van der Waals surface area contributed by atoms with E-state index in [0.717, 1.165) is 51.5 Å². The summed E-state index contributed by atoms with van der Waals surface area (Å²) in [7, 11) is 0. The van der Waals surface area contributed by atoms with Crippen molar-refractivity contribution < 1.29 is 9.53 Å². The maximum Gasteiger partial charge on any atom is 0.227 e. The van der Waals surface area contributed by atoms with Gasteiger partial charge in [0, 0.05) is 38.3 Å². The third-order valence-corrected chi connectivity index (χ3v) is 4.05. The van der Waals surface area contributed by atoms with Gasteiger partial charge in [-0.15, -0.1) is 0 Å². The van der Waals surface area contributed by atoms with Gasteiger partial charge in [0.2, 0.25) is 5.91 Å². The minimum absolute atomic E-state index is 0.230. The summed E-state index contributed by atoms with van der Waals surface area (Å²) in [6, 6.07) is 10.0. The van der Waals surface area contributed by atoms with Crippen molar-refractivity contribution in [3.63, 3.8) is 0 Å². The number of rotatable bonds is 7. The number of morpholine rings is 1. The summed E-state index contributed by atoms with van der Waals surface area (Å²) in [5, 5.41) is 0. The molecule has 1 heterocycles. The van der Waals surface area contributed by atoms with Crippen LogP contribution in [0.25, 0.3) is 0 Å². The number of nitrogens with zero attached hydrogens (tertiary/aromatic N) is 2. The lowest BCUT2D eigenvalue weighted by atomic mass is 10.1. The molecule has 1 saturated heterocycles. The first-order chi connectivity index (χ1) is 10.7. The fourth-order valence-electron chi connectivity index (χ4n) is 2.62. The van der Waals surface area contributed by atoms with Gasteiger partial charge in [-0.2, -0.15) is 0 Å². The highest BCUT2D eigenvalue weighted by atomic mass is 16.5. The molecule has 0 saturated carbocycles. The summed E-state index contributed by atoms with van der Waals surface area (Å²) < 4.78 is 5.38. The number of anilines is 1. The first-order valence-corrected chi connectivity index (χ1v) is 8.32. The molecule has 1 aliphatic heterocycles. The molecule has 0 N–H and O–H groups in total. The number of amides is 1. The minimum Gasteiger partial charge on any atom is -0.379 e. The molecular weight excluding hydrogens is 276 g/mol. The molecule has 4 nitrogen and oxygen atoms in total. The van der Waals surface area contributed by atoms with E-state index in [4.69, 9.17) is 4.74 Å². The summed E-state index contributed by atoms with van der Waals surface area (Å²) >= 11 is 0. The molecule has 0 atom stereocenters. The topological polar surface area (TPSA) is 32.8 Å². The second-order valence-electron chi connectivity index (χ2n) is 6.27. The van der Waals surface area contributed by atoms with Crippen LogP contribution in [0.2, 0.25) is 0 Å². The number of para-hydroxylation sites is 1. The third kappa shape index (κ3) is 5.43. The van der Waals surface area contributed by atoms with Crippen LogP contribution < -0.4 is 4.90 Å². The SMILES string of the molecule is CC(C)CCC(=O)N(CCN1CCOCC1)c1ccccc1. The molecule has 1 amide bonds. The fourth-order valence-corrected chi connectivity index (χ4v) is 2.62. The Morgan fingerprint density at radius 1 is 1.23 bits per heavy atom. The van der Waals surface area contributed by atoms with Gasteiger partial charge in [0.1, 0.15) is 0 Å². The van der Waals surface area contributed by atoms with Crippen LogP contribution in [0.3, 0.4) is 0 Å². The third-order valence-electron chi connectivity index (χ3n) is 4.05. The zero-order valence-electron chi connectivity index (χ0n) is 13.8. The monoisotopic (exact) mass is 304 g/mol. The summed E-state index contributed by atoms with van der Waals surface area (Å²) in [4.78, 5) is 16.9. The molecule has 0 aromatic heterocycles. The fraction of sp³-hybridized carbons (Fsp3) is 0.611. The summed E-state index contributed by atoms with van der Waals surface area (Å²) in [6.07, 6.45) is 1.56. The molecule has 0 bridgehead atoms. The lowest BCUT2D eigenvalue weighted by Crippen LogP contribution is -2.43. The van der Waals surface area contributed by atoms with Crippen LogP contribution in [-0.2, 0) is 9.53 Å². The highest BCUT2D eigenvalue weighted by molar-refractivity contribution is 5.93. The predicted molar refractivity (Wildman–Crippen MR) is 90.1 cm³/mol. The molecular formula is C18H28N2O2. The number of carbonyl (C=O) groups is 1. The van der Waals surface area contributed by atoms with E-state index in [-0.39, 0.29) is 5.91 Å². The van der Waals surface area contributed by atoms with Crippen molar-refractivity contribution in [2.75, 3.05) is 44.3 Å². The molecule has 0 spiro atoms. The Hall–Kier alpha value is -1.39. The largest absolute Gasteiger partial charge is 0.379 e. The van der Waals surface area contributed by atoms with Crippen LogP contribution in [0.1, 0.15) is 26.7 Å². The van der Waals surface area contributed by atoms with Gasteiger partial charge in [0.05, 0.1) is 13.2 Å². The number of hydrogen-bond acceptors (Lipinski definition) is 3. The van der Waals surface area contributed by atoms with E-state index >= 15 is 0 Å². The molecule has 1 fully saturated rings. The number of benzene rings is 1. The first-order valence-electron chi connectivity index (χ1n) is 8.32. The van der Waals surface area contributed by atoms with Crippen molar-refractivity contribution in [1.29, 1.82) is 0 Å². The van der Waals surface area contributed by atoms with Crippen molar-refractivity contribution in [1.82, 2.24) is 4.90 Å². The van der Waals surface area contributed by atoms with Gasteiger partial charge >= 0.3 is 0 Å². The number of carbonyl (C=O) groups excluding carboxylic acids is 1. The molecule has 0 radical (unpaired) electrons. The Kier molecular flexibility index (Phi) is 6.87. The van der Waals surface area contributed by atoms with Crippen molar-refractivity contribution in [2.45, 2.75) is 26.7 Å². The van der Waals surface area contributed by atoms with Crippen LogP contribution in [0.15, 0.2) is 30.3 Å². The van der Waals surface area contributed by atoms with Gasteiger partial charge in [-0.1, -0.05) is 32.0 Å². The van der Waals surface area contributed by atoms with Crippen LogP contribution >= 0.6 is 0 Å². The molecule has 4 heteroatoms. The summed E-state index contributed by atoms with van der Waals surface area (Å²) in [5.74, 6) is 0.786. The van der Waals surface area contributed by atoms with E-state index in [1.54, 1.807) is 0 Å². The number of hydrogen-bond donors (Lipinski definition) is 0. The number of ether oxygens (including phenoxy) is 1. The van der Waals surface area contributed by atoms with Crippen molar-refractivity contribution in [3.8, 4) is 0 Å². The van der Waals surface area contributed by atoms with Crippen LogP contribution in [-0.4, -0.2) is 50.2 Å². The van der Waals surface area contributed by atoms with E-state index < -0.39 is 0 Å². The van der Waals surface area contributed by atoms with E-state index in [0.29, 0.717) is 12.3 Å². The van der Waals surface area contributed by atoms with Gasteiger partial charge in [-0.05, 0) is 24.5 Å². The Morgan fingerprint density at radius 2 is 1.91 bits per heavy atom.